The Hall–Kier alpha value is -0.470. The minimum atomic E-state index is -0.704. The minimum Gasteiger partial charge on any atom is -0.368 e. The number of rotatable bonds is 1. The largest absolute Gasteiger partial charge is 0.368 e. The molecule has 1 rings (SSSR count). The number of carbonyl (C=O) groups is 2. The fraction of sp³-hybridized carbons (Fsp3) is 0.600. The van der Waals surface area contributed by atoms with Gasteiger partial charge >= 0.3 is 0 Å². The molecule has 0 bridgehead atoms. The second-order valence-corrected chi connectivity index (χ2v) is 2.92. The van der Waals surface area contributed by atoms with Gasteiger partial charge in [0.05, 0.1) is 0 Å². The molecule has 1 saturated heterocycles. The van der Waals surface area contributed by atoms with Gasteiger partial charge < -0.3 is 5.73 Å². The van der Waals surface area contributed by atoms with E-state index in [4.69, 9.17) is 5.73 Å². The Balaban J connectivity index is 2.72. The Morgan fingerprint density at radius 1 is 1.80 bits per heavy atom. The molecule has 4 nitrogen and oxygen atoms in total. The molecule has 5 heteroatoms. The molecule has 2 atom stereocenters. The van der Waals surface area contributed by atoms with E-state index in [0.717, 1.165) is 0 Å². The average Bonchev–Trinajstić information content (AvgIpc) is 2.11. The predicted octanol–water partition coefficient (Wildman–Crippen LogP) is -1.09. The summed E-state index contributed by atoms with van der Waals surface area (Å²) in [5, 5.41) is 0. The topological polar surface area (TPSA) is 63.4 Å². The predicted molar refractivity (Wildman–Crippen MR) is 39.0 cm³/mol. The van der Waals surface area contributed by atoms with Crippen molar-refractivity contribution in [2.75, 3.05) is 6.54 Å². The molecule has 1 aliphatic rings. The molecule has 1 heterocycles. The molecule has 0 aromatic heterocycles. The highest BCUT2D eigenvalue weighted by molar-refractivity contribution is 7.13. The van der Waals surface area contributed by atoms with Crippen LogP contribution >= 0.6 is 9.39 Å². The first-order valence-corrected chi connectivity index (χ1v) is 3.48. The van der Waals surface area contributed by atoms with Crippen LogP contribution in [0, 0.1) is 0 Å². The first-order chi connectivity index (χ1) is 4.63. The van der Waals surface area contributed by atoms with Gasteiger partial charge in [0.2, 0.25) is 5.91 Å². The van der Waals surface area contributed by atoms with Gasteiger partial charge in [0.15, 0.2) is 11.8 Å². The van der Waals surface area contributed by atoms with Crippen molar-refractivity contribution in [2.24, 2.45) is 5.73 Å². The van der Waals surface area contributed by atoms with Crippen molar-refractivity contribution in [1.82, 2.24) is 4.67 Å². The molecular formula is C5H9N2O2P. The minimum absolute atomic E-state index is 0.0810. The van der Waals surface area contributed by atoms with Crippen molar-refractivity contribution in [2.45, 2.75) is 12.5 Å². The van der Waals surface area contributed by atoms with E-state index in [2.05, 4.69) is 9.39 Å². The maximum absolute atomic E-state index is 10.9. The lowest BCUT2D eigenvalue weighted by Gasteiger charge is -2.12. The SMILES string of the molecule is NC(=O)C1C(=O)CCN1P. The maximum atomic E-state index is 10.9. The lowest BCUT2D eigenvalue weighted by atomic mass is 10.2. The second-order valence-electron chi connectivity index (χ2n) is 2.26. The summed E-state index contributed by atoms with van der Waals surface area (Å²) in [6.07, 6.45) is 0.428. The Kier molecular flexibility index (Phi) is 2.02. The van der Waals surface area contributed by atoms with Crippen LogP contribution in [-0.4, -0.2) is 28.9 Å². The first-order valence-electron chi connectivity index (χ1n) is 2.96. The summed E-state index contributed by atoms with van der Waals surface area (Å²) in [6, 6.07) is -0.704. The van der Waals surface area contributed by atoms with Crippen LogP contribution in [-0.2, 0) is 9.59 Å². The molecule has 2 N–H and O–H groups in total. The Morgan fingerprint density at radius 3 is 2.60 bits per heavy atom. The van der Waals surface area contributed by atoms with Crippen molar-refractivity contribution in [3.63, 3.8) is 0 Å². The lowest BCUT2D eigenvalue weighted by molar-refractivity contribution is -0.128. The summed E-state index contributed by atoms with van der Waals surface area (Å²) in [5.74, 6) is -0.639. The standard InChI is InChI=1S/C5H9N2O2P/c6-5(9)4-3(8)1-2-7(4)10/h4H,1-2,10H2,(H2,6,9). The van der Waals surface area contributed by atoms with Gasteiger partial charge in [0.1, 0.15) is 0 Å². The molecule has 0 aromatic carbocycles. The number of hydrogen-bond donors (Lipinski definition) is 1. The van der Waals surface area contributed by atoms with Gasteiger partial charge in [-0.2, -0.15) is 0 Å². The van der Waals surface area contributed by atoms with Crippen LogP contribution < -0.4 is 5.73 Å². The highest BCUT2D eigenvalue weighted by atomic mass is 31.0. The van der Waals surface area contributed by atoms with Gasteiger partial charge in [0, 0.05) is 13.0 Å². The summed E-state index contributed by atoms with van der Waals surface area (Å²) in [4.78, 5) is 21.4. The average molecular weight is 160 g/mol. The van der Waals surface area contributed by atoms with Gasteiger partial charge in [0.25, 0.3) is 0 Å². The molecule has 0 spiro atoms. The Labute approximate surface area is 61.0 Å². The highest BCUT2D eigenvalue weighted by Crippen LogP contribution is 2.16. The number of carbonyl (C=O) groups excluding carboxylic acids is 2. The first kappa shape index (κ1) is 7.63. The van der Waals surface area contributed by atoms with E-state index in [1.807, 2.05) is 0 Å². The van der Waals surface area contributed by atoms with Crippen LogP contribution in [0.5, 0.6) is 0 Å². The second kappa shape index (κ2) is 2.64. The fourth-order valence-electron chi connectivity index (χ4n) is 1.01. The third kappa shape index (κ3) is 1.18. The molecule has 0 saturated carbocycles. The van der Waals surface area contributed by atoms with E-state index in [9.17, 15) is 9.59 Å². The summed E-state index contributed by atoms with van der Waals surface area (Å²) in [6.45, 7) is 0.608. The smallest absolute Gasteiger partial charge is 0.242 e. The molecule has 1 aliphatic heterocycles. The van der Waals surface area contributed by atoms with Crippen LogP contribution in [0.4, 0.5) is 0 Å². The van der Waals surface area contributed by atoms with Crippen LogP contribution in [0.15, 0.2) is 0 Å². The quantitative estimate of drug-likeness (QED) is 0.391. The Bertz CT molecular complexity index is 182. The molecule has 10 heavy (non-hydrogen) atoms. The molecule has 56 valence electrons. The zero-order chi connectivity index (χ0) is 7.72. The van der Waals surface area contributed by atoms with Crippen LogP contribution in [0.3, 0.4) is 0 Å². The van der Waals surface area contributed by atoms with Gasteiger partial charge in [-0.3, -0.25) is 14.3 Å². The number of nitrogens with zero attached hydrogens (tertiary/aromatic N) is 1. The normalized spacial score (nSPS) is 27.3. The van der Waals surface area contributed by atoms with Crippen LogP contribution in [0.25, 0.3) is 0 Å². The summed E-state index contributed by atoms with van der Waals surface area (Å²) in [7, 11) is 2.32. The van der Waals surface area contributed by atoms with Gasteiger partial charge in [-0.15, -0.1) is 0 Å². The van der Waals surface area contributed by atoms with Crippen molar-refractivity contribution in [1.29, 1.82) is 0 Å². The number of hydrogen-bond acceptors (Lipinski definition) is 3. The highest BCUT2D eigenvalue weighted by Gasteiger charge is 2.33. The monoisotopic (exact) mass is 160 g/mol. The van der Waals surface area contributed by atoms with Gasteiger partial charge in [-0.1, -0.05) is 9.39 Å². The number of ketones is 1. The molecule has 0 radical (unpaired) electrons. The van der Waals surface area contributed by atoms with Crippen molar-refractivity contribution < 1.29 is 9.59 Å². The van der Waals surface area contributed by atoms with Gasteiger partial charge in [-0.25, -0.2) is 0 Å². The van der Waals surface area contributed by atoms with E-state index in [1.54, 1.807) is 4.67 Å². The summed E-state index contributed by atoms with van der Waals surface area (Å²) >= 11 is 0. The fourth-order valence-corrected chi connectivity index (χ4v) is 1.45. The maximum Gasteiger partial charge on any atom is 0.242 e. The molecule has 1 fully saturated rings. The van der Waals surface area contributed by atoms with Gasteiger partial charge in [-0.05, 0) is 0 Å². The van der Waals surface area contributed by atoms with Crippen molar-refractivity contribution >= 4 is 21.1 Å². The molecule has 2 unspecified atom stereocenters. The van der Waals surface area contributed by atoms with Crippen LogP contribution in [0.2, 0.25) is 0 Å². The number of Topliss-reactive ketones (excluding diaryl/α,β-unsaturated/α-hetero) is 1. The molecule has 0 aromatic rings. The van der Waals surface area contributed by atoms with E-state index < -0.39 is 11.9 Å². The van der Waals surface area contributed by atoms with Crippen molar-refractivity contribution in [3.8, 4) is 0 Å². The summed E-state index contributed by atoms with van der Waals surface area (Å²) in [5.41, 5.74) is 4.96. The molecular weight excluding hydrogens is 151 g/mol. The molecule has 0 aliphatic carbocycles. The third-order valence-electron chi connectivity index (χ3n) is 1.52. The van der Waals surface area contributed by atoms with E-state index in [0.29, 0.717) is 13.0 Å². The number of primary amides is 1. The third-order valence-corrected chi connectivity index (χ3v) is 2.08. The van der Waals surface area contributed by atoms with Crippen LogP contribution in [0.1, 0.15) is 6.42 Å². The zero-order valence-corrected chi connectivity index (χ0v) is 6.56. The summed E-state index contributed by atoms with van der Waals surface area (Å²) < 4.78 is 1.59. The zero-order valence-electron chi connectivity index (χ0n) is 5.41. The Morgan fingerprint density at radius 2 is 2.40 bits per heavy atom. The van der Waals surface area contributed by atoms with Crippen molar-refractivity contribution in [3.05, 3.63) is 0 Å². The van der Waals surface area contributed by atoms with E-state index in [-0.39, 0.29) is 5.78 Å². The van der Waals surface area contributed by atoms with E-state index in [1.165, 1.54) is 0 Å². The van der Waals surface area contributed by atoms with E-state index >= 15 is 0 Å². The lowest BCUT2D eigenvalue weighted by Crippen LogP contribution is -2.39. The number of amides is 1. The molecule has 1 amide bonds. The number of nitrogens with two attached hydrogens (primary N) is 1.